The van der Waals surface area contributed by atoms with Crippen molar-refractivity contribution in [3.05, 3.63) is 0 Å². The summed E-state index contributed by atoms with van der Waals surface area (Å²) in [6.45, 7) is 13.8. The molecule has 422 valence electrons. The van der Waals surface area contributed by atoms with Crippen molar-refractivity contribution in [2.45, 2.75) is 369 Å². The lowest BCUT2D eigenvalue weighted by Crippen LogP contribution is -2.30. The maximum Gasteiger partial charge on any atom is 0.306 e. The van der Waals surface area contributed by atoms with E-state index in [9.17, 15) is 14.4 Å². The van der Waals surface area contributed by atoms with E-state index in [-0.39, 0.29) is 31.1 Å². The van der Waals surface area contributed by atoms with Crippen LogP contribution >= 0.6 is 0 Å². The first kappa shape index (κ1) is 69.4. The molecule has 0 radical (unpaired) electrons. The summed E-state index contributed by atoms with van der Waals surface area (Å²) < 4.78 is 17.0. The molecule has 0 aromatic carbocycles. The molecule has 0 bridgehead atoms. The average molecular weight is 1000 g/mol. The van der Waals surface area contributed by atoms with E-state index in [1.807, 2.05) is 0 Å². The first-order valence-electron chi connectivity index (χ1n) is 32.1. The molecular formula is C65H126O6. The van der Waals surface area contributed by atoms with Gasteiger partial charge in [-0.2, -0.15) is 0 Å². The molecule has 6 nitrogen and oxygen atoms in total. The number of hydrogen-bond acceptors (Lipinski definition) is 6. The molecule has 0 saturated heterocycles. The third-order valence-electron chi connectivity index (χ3n) is 15.3. The van der Waals surface area contributed by atoms with E-state index in [0.29, 0.717) is 19.3 Å². The molecule has 6 heteroatoms. The molecule has 0 rings (SSSR count). The molecule has 0 aliphatic carbocycles. The Morgan fingerprint density at radius 1 is 0.282 bits per heavy atom. The van der Waals surface area contributed by atoms with Crippen LogP contribution in [0, 0.1) is 17.8 Å². The van der Waals surface area contributed by atoms with Gasteiger partial charge in [0.05, 0.1) is 0 Å². The van der Waals surface area contributed by atoms with E-state index in [1.54, 1.807) is 0 Å². The Kier molecular flexibility index (Phi) is 54.9. The van der Waals surface area contributed by atoms with E-state index in [1.165, 1.54) is 244 Å². The number of rotatable bonds is 58. The Hall–Kier alpha value is -1.59. The summed E-state index contributed by atoms with van der Waals surface area (Å²) in [5, 5.41) is 0. The Labute approximate surface area is 444 Å². The molecule has 0 heterocycles. The maximum absolute atomic E-state index is 12.9. The van der Waals surface area contributed by atoms with Crippen molar-refractivity contribution >= 4 is 17.9 Å². The number of unbranched alkanes of at least 4 members (excludes halogenated alkanes) is 40. The Morgan fingerprint density at radius 3 is 0.732 bits per heavy atom. The van der Waals surface area contributed by atoms with Crippen LogP contribution in [0.4, 0.5) is 0 Å². The van der Waals surface area contributed by atoms with E-state index in [4.69, 9.17) is 14.2 Å². The number of carbonyl (C=O) groups excluding carboxylic acids is 3. The summed E-state index contributed by atoms with van der Waals surface area (Å²) >= 11 is 0. The smallest absolute Gasteiger partial charge is 0.306 e. The predicted octanol–water partition coefficient (Wildman–Crippen LogP) is 21.5. The average Bonchev–Trinajstić information content (AvgIpc) is 3.35. The Bertz CT molecular complexity index is 1100. The van der Waals surface area contributed by atoms with Gasteiger partial charge in [-0.1, -0.05) is 324 Å². The highest BCUT2D eigenvalue weighted by molar-refractivity contribution is 5.71. The largest absolute Gasteiger partial charge is 0.462 e. The topological polar surface area (TPSA) is 78.9 Å². The van der Waals surface area contributed by atoms with Crippen molar-refractivity contribution in [1.82, 2.24) is 0 Å². The molecule has 1 unspecified atom stereocenters. The van der Waals surface area contributed by atoms with E-state index < -0.39 is 6.10 Å². The summed E-state index contributed by atoms with van der Waals surface area (Å²) in [7, 11) is 0. The second kappa shape index (κ2) is 56.1. The van der Waals surface area contributed by atoms with Gasteiger partial charge in [0.1, 0.15) is 13.2 Å². The monoisotopic (exact) mass is 1000 g/mol. The van der Waals surface area contributed by atoms with Gasteiger partial charge in [-0.3, -0.25) is 14.4 Å². The van der Waals surface area contributed by atoms with Crippen LogP contribution < -0.4 is 0 Å². The lowest BCUT2D eigenvalue weighted by atomic mass is 9.99. The van der Waals surface area contributed by atoms with Crippen LogP contribution in [-0.2, 0) is 28.6 Å². The fourth-order valence-corrected chi connectivity index (χ4v) is 10.0. The van der Waals surface area contributed by atoms with Crippen molar-refractivity contribution in [2.75, 3.05) is 13.2 Å². The molecule has 0 spiro atoms. The summed E-state index contributed by atoms with van der Waals surface area (Å²) in [6.07, 6.45) is 60.9. The third-order valence-corrected chi connectivity index (χ3v) is 15.3. The lowest BCUT2D eigenvalue weighted by molar-refractivity contribution is -0.167. The molecule has 0 aliphatic heterocycles. The highest BCUT2D eigenvalue weighted by Gasteiger charge is 2.19. The first-order valence-corrected chi connectivity index (χ1v) is 32.1. The summed E-state index contributed by atoms with van der Waals surface area (Å²) in [4.78, 5) is 38.3. The van der Waals surface area contributed by atoms with Crippen molar-refractivity contribution in [3.8, 4) is 0 Å². The van der Waals surface area contributed by atoms with Gasteiger partial charge >= 0.3 is 17.9 Å². The standard InChI is InChI=1S/C65H126O6/c1-7-61(6)53-47-41-35-29-23-17-12-13-19-25-31-37-43-49-55-64(67)70-58-62(71-65(68)56-50-44-38-32-26-20-14-16-22-28-34-40-46-52-60(4)5)57-69-63(66)54-48-42-36-30-24-18-11-9-8-10-15-21-27-33-39-45-51-59(2)3/h59-62H,7-58H2,1-6H3/t61?,62-/m0/s1. The van der Waals surface area contributed by atoms with Crippen molar-refractivity contribution in [3.63, 3.8) is 0 Å². The summed E-state index contributed by atoms with van der Waals surface area (Å²) in [6, 6.07) is 0. The zero-order valence-corrected chi connectivity index (χ0v) is 49.0. The van der Waals surface area contributed by atoms with Crippen LogP contribution in [0.5, 0.6) is 0 Å². The van der Waals surface area contributed by atoms with Crippen molar-refractivity contribution in [1.29, 1.82) is 0 Å². The number of esters is 3. The molecule has 0 aromatic rings. The molecule has 71 heavy (non-hydrogen) atoms. The van der Waals surface area contributed by atoms with Crippen LogP contribution in [0.3, 0.4) is 0 Å². The molecule has 2 atom stereocenters. The highest BCUT2D eigenvalue weighted by atomic mass is 16.6. The Balaban J connectivity index is 4.29. The van der Waals surface area contributed by atoms with Gasteiger partial charge in [0.2, 0.25) is 0 Å². The predicted molar refractivity (Wildman–Crippen MR) is 307 cm³/mol. The fourth-order valence-electron chi connectivity index (χ4n) is 10.0. The van der Waals surface area contributed by atoms with Crippen LogP contribution in [0.2, 0.25) is 0 Å². The SMILES string of the molecule is CCC(C)CCCCCCCCCCCCCCCCC(=O)OC[C@H](COC(=O)CCCCCCCCCCCCCCCCCCC(C)C)OC(=O)CCCCCCCCCCCCCCCC(C)C. The van der Waals surface area contributed by atoms with E-state index in [0.717, 1.165) is 75.5 Å². The third kappa shape index (κ3) is 57.5. The van der Waals surface area contributed by atoms with Crippen LogP contribution in [-0.4, -0.2) is 37.2 Å². The van der Waals surface area contributed by atoms with E-state index >= 15 is 0 Å². The van der Waals surface area contributed by atoms with Crippen LogP contribution in [0.25, 0.3) is 0 Å². The minimum absolute atomic E-state index is 0.0626. The molecule has 0 N–H and O–H groups in total. The van der Waals surface area contributed by atoms with Gasteiger partial charge in [-0.15, -0.1) is 0 Å². The molecule has 0 aliphatic rings. The van der Waals surface area contributed by atoms with Gasteiger partial charge in [-0.25, -0.2) is 0 Å². The van der Waals surface area contributed by atoms with Crippen molar-refractivity contribution in [2.24, 2.45) is 17.8 Å². The summed E-state index contributed by atoms with van der Waals surface area (Å²) in [5.74, 6) is 1.75. The van der Waals surface area contributed by atoms with Crippen LogP contribution in [0.1, 0.15) is 363 Å². The zero-order chi connectivity index (χ0) is 51.9. The zero-order valence-electron chi connectivity index (χ0n) is 49.0. The van der Waals surface area contributed by atoms with Crippen molar-refractivity contribution < 1.29 is 28.6 Å². The quantitative estimate of drug-likeness (QED) is 0.0343. The minimum Gasteiger partial charge on any atom is -0.462 e. The number of ether oxygens (including phenoxy) is 3. The fraction of sp³-hybridized carbons (Fsp3) is 0.954. The van der Waals surface area contributed by atoms with Gasteiger partial charge in [-0.05, 0) is 37.0 Å². The molecule has 0 saturated carbocycles. The first-order chi connectivity index (χ1) is 34.6. The number of carbonyl (C=O) groups is 3. The second-order valence-corrected chi connectivity index (χ2v) is 23.6. The lowest BCUT2D eigenvalue weighted by Gasteiger charge is -2.18. The molecular weight excluding hydrogens is 877 g/mol. The van der Waals surface area contributed by atoms with Gasteiger partial charge in [0, 0.05) is 19.3 Å². The minimum atomic E-state index is -0.765. The number of hydrogen-bond donors (Lipinski definition) is 0. The highest BCUT2D eigenvalue weighted by Crippen LogP contribution is 2.19. The molecule has 0 fully saturated rings. The van der Waals surface area contributed by atoms with E-state index in [2.05, 4.69) is 41.5 Å². The molecule has 0 amide bonds. The van der Waals surface area contributed by atoms with Gasteiger partial charge in [0.15, 0.2) is 6.10 Å². The maximum atomic E-state index is 12.9. The summed E-state index contributed by atoms with van der Waals surface area (Å²) in [5.41, 5.74) is 0. The Morgan fingerprint density at radius 2 is 0.493 bits per heavy atom. The van der Waals surface area contributed by atoms with Gasteiger partial charge in [0.25, 0.3) is 0 Å². The van der Waals surface area contributed by atoms with Gasteiger partial charge < -0.3 is 14.2 Å². The second-order valence-electron chi connectivity index (χ2n) is 23.6. The molecule has 0 aromatic heterocycles. The van der Waals surface area contributed by atoms with Crippen LogP contribution in [0.15, 0.2) is 0 Å². The normalized spacial score (nSPS) is 12.5.